The number of pyridine rings is 1. The van der Waals surface area contributed by atoms with E-state index in [0.29, 0.717) is 5.69 Å². The molecule has 0 spiro atoms. The number of hydrogen-bond acceptors (Lipinski definition) is 4. The Kier molecular flexibility index (Phi) is 4.97. The van der Waals surface area contributed by atoms with Crippen LogP contribution in [-0.4, -0.2) is 29.4 Å². The van der Waals surface area contributed by atoms with E-state index < -0.39 is 5.91 Å². The molecule has 3 N–H and O–H groups in total. The maximum atomic E-state index is 10.9. The van der Waals surface area contributed by atoms with E-state index in [9.17, 15) is 4.79 Å². The molecule has 0 unspecified atom stereocenters. The van der Waals surface area contributed by atoms with Crippen molar-refractivity contribution in [2.45, 2.75) is 6.42 Å². The minimum Gasteiger partial charge on any atom is -0.385 e. The molecule has 1 amide bonds. The van der Waals surface area contributed by atoms with Crippen molar-refractivity contribution in [3.63, 3.8) is 0 Å². The normalized spacial score (nSPS) is 9.93. The smallest absolute Gasteiger partial charge is 0.267 e. The number of hydrogen-bond donors (Lipinski definition) is 2. The summed E-state index contributed by atoms with van der Waals surface area (Å²) in [5, 5.41) is 3.21. The minimum atomic E-state index is -0.497. The van der Waals surface area contributed by atoms with Crippen LogP contribution in [0.4, 0.5) is 5.69 Å². The molecule has 0 bridgehead atoms. The van der Waals surface area contributed by atoms with Crippen LogP contribution in [0.25, 0.3) is 0 Å². The molecule has 15 heavy (non-hydrogen) atoms. The van der Waals surface area contributed by atoms with Gasteiger partial charge in [-0.05, 0) is 30.6 Å². The molecule has 82 valence electrons. The van der Waals surface area contributed by atoms with E-state index in [1.165, 1.54) is 0 Å². The summed E-state index contributed by atoms with van der Waals surface area (Å²) in [5.74, 6) is 0.628. The maximum Gasteiger partial charge on any atom is 0.267 e. The van der Waals surface area contributed by atoms with E-state index in [0.717, 1.165) is 24.4 Å². The van der Waals surface area contributed by atoms with E-state index in [1.54, 1.807) is 12.3 Å². The summed E-state index contributed by atoms with van der Waals surface area (Å²) in [4.78, 5) is 14.7. The zero-order valence-electron chi connectivity index (χ0n) is 8.69. The number of primary amides is 1. The fourth-order valence-electron chi connectivity index (χ4n) is 1.12. The molecule has 1 heterocycles. The Morgan fingerprint density at radius 1 is 1.67 bits per heavy atom. The third kappa shape index (κ3) is 4.20. The molecule has 1 rings (SSSR count). The average molecular weight is 225 g/mol. The lowest BCUT2D eigenvalue weighted by Crippen LogP contribution is -2.13. The molecule has 0 radical (unpaired) electrons. The Hall–Kier alpha value is -1.23. The topological polar surface area (TPSA) is 68.0 Å². The van der Waals surface area contributed by atoms with E-state index in [1.807, 2.05) is 17.8 Å². The number of nitrogens with one attached hydrogen (secondary N) is 1. The lowest BCUT2D eigenvalue weighted by Gasteiger charge is -2.05. The number of amides is 1. The summed E-state index contributed by atoms with van der Waals surface area (Å²) in [7, 11) is 0. The van der Waals surface area contributed by atoms with Crippen LogP contribution in [0.15, 0.2) is 18.3 Å². The first-order chi connectivity index (χ1) is 7.24. The van der Waals surface area contributed by atoms with Crippen LogP contribution >= 0.6 is 11.8 Å². The van der Waals surface area contributed by atoms with Gasteiger partial charge in [-0.3, -0.25) is 9.78 Å². The van der Waals surface area contributed by atoms with Crippen LogP contribution in [0.2, 0.25) is 0 Å². The fraction of sp³-hybridized carbons (Fsp3) is 0.400. The molecule has 0 aliphatic carbocycles. The fourth-order valence-corrected chi connectivity index (χ4v) is 1.56. The molecular weight excluding hydrogens is 210 g/mol. The molecule has 0 saturated heterocycles. The van der Waals surface area contributed by atoms with Crippen molar-refractivity contribution in [1.29, 1.82) is 0 Å². The highest BCUT2D eigenvalue weighted by Gasteiger charge is 2.01. The van der Waals surface area contributed by atoms with Crippen molar-refractivity contribution < 1.29 is 4.79 Å². The van der Waals surface area contributed by atoms with E-state index in [4.69, 9.17) is 5.73 Å². The lowest BCUT2D eigenvalue weighted by molar-refractivity contribution is 0.0995. The Balaban J connectivity index is 2.47. The second kappa shape index (κ2) is 6.29. The van der Waals surface area contributed by atoms with Crippen molar-refractivity contribution in [1.82, 2.24) is 4.98 Å². The molecule has 0 aromatic carbocycles. The van der Waals surface area contributed by atoms with Crippen LogP contribution in [-0.2, 0) is 0 Å². The number of rotatable bonds is 6. The van der Waals surface area contributed by atoms with Gasteiger partial charge in [-0.15, -0.1) is 0 Å². The third-order valence-electron chi connectivity index (χ3n) is 1.87. The lowest BCUT2D eigenvalue weighted by atomic mass is 10.3. The number of nitrogens with two attached hydrogens (primary N) is 1. The first kappa shape index (κ1) is 11.8. The summed E-state index contributed by atoms with van der Waals surface area (Å²) in [5.41, 5.74) is 6.31. The standard InChI is InChI=1S/C10H15N3OS/c1-15-6-2-4-12-8-3-5-13-9(7-8)10(11)14/h3,5,7H,2,4,6H2,1H3,(H2,11,14)(H,12,13). The SMILES string of the molecule is CSCCCNc1ccnc(C(N)=O)c1. The molecule has 0 atom stereocenters. The monoisotopic (exact) mass is 225 g/mol. The van der Waals surface area contributed by atoms with Gasteiger partial charge in [0.05, 0.1) is 0 Å². The van der Waals surface area contributed by atoms with Crippen molar-refractivity contribution in [2.24, 2.45) is 5.73 Å². The van der Waals surface area contributed by atoms with Crippen LogP contribution in [0.3, 0.4) is 0 Å². The summed E-state index contributed by atoms with van der Waals surface area (Å²) >= 11 is 1.82. The zero-order chi connectivity index (χ0) is 11.1. The number of anilines is 1. The molecule has 5 heteroatoms. The van der Waals surface area contributed by atoms with Gasteiger partial charge in [0.15, 0.2) is 0 Å². The van der Waals surface area contributed by atoms with Gasteiger partial charge in [0.2, 0.25) is 0 Å². The number of carbonyl (C=O) groups is 1. The van der Waals surface area contributed by atoms with Crippen molar-refractivity contribution >= 4 is 23.4 Å². The summed E-state index contributed by atoms with van der Waals surface area (Å²) in [6.45, 7) is 0.892. The van der Waals surface area contributed by atoms with Gasteiger partial charge in [-0.1, -0.05) is 0 Å². The second-order valence-corrected chi connectivity index (χ2v) is 4.05. The van der Waals surface area contributed by atoms with Gasteiger partial charge in [-0.25, -0.2) is 0 Å². The Morgan fingerprint density at radius 2 is 2.47 bits per heavy atom. The molecule has 0 fully saturated rings. The van der Waals surface area contributed by atoms with Gasteiger partial charge < -0.3 is 11.1 Å². The Bertz CT molecular complexity index is 330. The van der Waals surface area contributed by atoms with E-state index in [2.05, 4.69) is 16.6 Å². The molecule has 0 aliphatic heterocycles. The largest absolute Gasteiger partial charge is 0.385 e. The third-order valence-corrected chi connectivity index (χ3v) is 2.56. The number of aromatic nitrogens is 1. The minimum absolute atomic E-state index is 0.296. The van der Waals surface area contributed by atoms with Crippen LogP contribution in [0.1, 0.15) is 16.9 Å². The van der Waals surface area contributed by atoms with Gasteiger partial charge in [-0.2, -0.15) is 11.8 Å². The predicted octanol–water partition coefficient (Wildman–Crippen LogP) is 1.35. The summed E-state index contributed by atoms with van der Waals surface area (Å²) in [6, 6.07) is 3.49. The molecule has 4 nitrogen and oxygen atoms in total. The number of nitrogens with zero attached hydrogens (tertiary/aromatic N) is 1. The molecular formula is C10H15N3OS. The van der Waals surface area contributed by atoms with Crippen LogP contribution in [0.5, 0.6) is 0 Å². The maximum absolute atomic E-state index is 10.9. The Labute approximate surface area is 93.7 Å². The first-order valence-electron chi connectivity index (χ1n) is 4.72. The second-order valence-electron chi connectivity index (χ2n) is 3.07. The first-order valence-corrected chi connectivity index (χ1v) is 6.12. The molecule has 1 aromatic heterocycles. The van der Waals surface area contributed by atoms with Crippen molar-refractivity contribution in [2.75, 3.05) is 23.9 Å². The van der Waals surface area contributed by atoms with Crippen molar-refractivity contribution in [3.05, 3.63) is 24.0 Å². The van der Waals surface area contributed by atoms with Gasteiger partial charge in [0.25, 0.3) is 5.91 Å². The number of thioether (sulfide) groups is 1. The van der Waals surface area contributed by atoms with Gasteiger partial charge in [0, 0.05) is 18.4 Å². The van der Waals surface area contributed by atoms with Crippen LogP contribution in [0, 0.1) is 0 Å². The van der Waals surface area contributed by atoms with Crippen molar-refractivity contribution in [3.8, 4) is 0 Å². The van der Waals surface area contributed by atoms with Gasteiger partial charge >= 0.3 is 0 Å². The summed E-state index contributed by atoms with van der Waals surface area (Å²) in [6.07, 6.45) is 4.75. The predicted molar refractivity (Wildman–Crippen MR) is 64.2 cm³/mol. The Morgan fingerprint density at radius 3 is 3.13 bits per heavy atom. The van der Waals surface area contributed by atoms with Gasteiger partial charge in [0.1, 0.15) is 5.69 Å². The molecule has 1 aromatic rings. The molecule has 0 saturated carbocycles. The average Bonchev–Trinajstić information content (AvgIpc) is 2.25. The number of carbonyl (C=O) groups excluding carboxylic acids is 1. The van der Waals surface area contributed by atoms with E-state index in [-0.39, 0.29) is 0 Å². The van der Waals surface area contributed by atoms with E-state index >= 15 is 0 Å². The highest BCUT2D eigenvalue weighted by Crippen LogP contribution is 2.07. The quantitative estimate of drug-likeness (QED) is 0.717. The zero-order valence-corrected chi connectivity index (χ0v) is 9.51. The molecule has 0 aliphatic rings. The highest BCUT2D eigenvalue weighted by atomic mass is 32.2. The van der Waals surface area contributed by atoms with Crippen LogP contribution < -0.4 is 11.1 Å². The highest BCUT2D eigenvalue weighted by molar-refractivity contribution is 7.98. The summed E-state index contributed by atoms with van der Waals surface area (Å²) < 4.78 is 0.